The van der Waals surface area contributed by atoms with Crippen molar-refractivity contribution in [3.8, 4) is 34.2 Å². The lowest BCUT2D eigenvalue weighted by Crippen LogP contribution is -2.40. The number of carbonyl (C=O) groups is 2. The van der Waals surface area contributed by atoms with Crippen LogP contribution in [0.25, 0.3) is 34.2 Å². The molecule has 6 aromatic rings. The topological polar surface area (TPSA) is 136 Å². The van der Waals surface area contributed by atoms with Crippen molar-refractivity contribution in [3.05, 3.63) is 126 Å². The van der Waals surface area contributed by atoms with Gasteiger partial charge in [-0.2, -0.15) is 0 Å². The van der Waals surface area contributed by atoms with Crippen molar-refractivity contribution in [1.29, 1.82) is 0 Å². The largest absolute Gasteiger partial charge is 0.445 e. The van der Waals surface area contributed by atoms with E-state index in [0.717, 1.165) is 59.5 Å². The first-order chi connectivity index (χ1) is 25.9. The van der Waals surface area contributed by atoms with E-state index in [0.29, 0.717) is 36.3 Å². The SMILES string of the molecule is CN(C)[C@@H](C(=O)N1CCC[C@H]1c1nc(-c2ccc(-c3cnc(-c4c[nH]c([C@@H]5CCCN5C(=O)OCc5ccccc5)n4)o3)cc2)c[nH]1)c1ccccc1. The summed E-state index contributed by atoms with van der Waals surface area (Å²) in [5.74, 6) is 2.56. The summed E-state index contributed by atoms with van der Waals surface area (Å²) in [6, 6.07) is 26.9. The third-order valence-corrected chi connectivity index (χ3v) is 10.1. The number of nitrogens with zero attached hydrogens (tertiary/aromatic N) is 6. The summed E-state index contributed by atoms with van der Waals surface area (Å²) in [7, 11) is 3.89. The van der Waals surface area contributed by atoms with Gasteiger partial charge in [0.15, 0.2) is 5.76 Å². The van der Waals surface area contributed by atoms with Gasteiger partial charge >= 0.3 is 6.09 Å². The molecule has 0 unspecified atom stereocenters. The molecule has 12 heteroatoms. The lowest BCUT2D eigenvalue weighted by atomic mass is 10.0. The van der Waals surface area contributed by atoms with E-state index in [9.17, 15) is 9.59 Å². The van der Waals surface area contributed by atoms with Crippen molar-refractivity contribution < 1.29 is 18.7 Å². The summed E-state index contributed by atoms with van der Waals surface area (Å²) in [6.07, 6.45) is 8.44. The number of imidazole rings is 2. The van der Waals surface area contributed by atoms with Crippen molar-refractivity contribution in [3.63, 3.8) is 0 Å². The van der Waals surface area contributed by atoms with Crippen molar-refractivity contribution >= 4 is 12.0 Å². The Kier molecular flexibility index (Phi) is 9.60. The highest BCUT2D eigenvalue weighted by molar-refractivity contribution is 5.84. The number of likely N-dealkylation sites (tertiary alicyclic amines) is 2. The fourth-order valence-corrected chi connectivity index (χ4v) is 7.44. The maximum absolute atomic E-state index is 13.9. The van der Waals surface area contributed by atoms with E-state index < -0.39 is 0 Å². The molecule has 3 atom stereocenters. The molecule has 2 N–H and O–H groups in total. The predicted octanol–water partition coefficient (Wildman–Crippen LogP) is 7.56. The van der Waals surface area contributed by atoms with Crippen molar-refractivity contribution in [2.75, 3.05) is 27.2 Å². The molecular weight excluding hydrogens is 669 g/mol. The average Bonchev–Trinajstić information content (AvgIpc) is 4.04. The van der Waals surface area contributed by atoms with Crippen molar-refractivity contribution in [2.45, 2.75) is 50.4 Å². The molecular formula is C41H42N8O4. The van der Waals surface area contributed by atoms with Crippen LogP contribution >= 0.6 is 0 Å². The molecule has 0 bridgehead atoms. The normalized spacial score (nSPS) is 17.8. The third kappa shape index (κ3) is 7.10. The minimum atomic E-state index is -0.357. The Labute approximate surface area is 307 Å². The van der Waals surface area contributed by atoms with Crippen LogP contribution in [0.15, 0.2) is 108 Å². The summed E-state index contributed by atoms with van der Waals surface area (Å²) in [5, 5.41) is 0. The Morgan fingerprint density at radius 2 is 1.42 bits per heavy atom. The Balaban J connectivity index is 0.919. The fraction of sp³-hybridized carbons (Fsp3) is 0.293. The number of rotatable bonds is 10. The zero-order chi connectivity index (χ0) is 36.3. The summed E-state index contributed by atoms with van der Waals surface area (Å²) in [5.41, 5.74) is 5.12. The molecule has 270 valence electrons. The van der Waals surface area contributed by atoms with Gasteiger partial charge in [-0.25, -0.2) is 19.7 Å². The molecule has 2 amide bonds. The van der Waals surface area contributed by atoms with Crippen LogP contribution in [0.3, 0.4) is 0 Å². The Morgan fingerprint density at radius 3 is 2.11 bits per heavy atom. The Morgan fingerprint density at radius 1 is 0.811 bits per heavy atom. The molecule has 0 saturated carbocycles. The number of carbonyl (C=O) groups excluding carboxylic acids is 2. The van der Waals surface area contributed by atoms with Gasteiger partial charge in [0.1, 0.15) is 30.0 Å². The minimum absolute atomic E-state index is 0.0863. The summed E-state index contributed by atoms with van der Waals surface area (Å²) < 4.78 is 11.8. The van der Waals surface area contributed by atoms with E-state index in [1.807, 2.05) is 115 Å². The minimum Gasteiger partial charge on any atom is -0.445 e. The van der Waals surface area contributed by atoms with Crippen LogP contribution in [0.4, 0.5) is 4.79 Å². The fourth-order valence-electron chi connectivity index (χ4n) is 7.44. The standard InChI is InChI=1S/C41H42N8O4/c1-47(2)36(30-13-7-4-8-14-30)40(50)48-21-9-15-33(48)37-42-23-31(45-37)28-17-19-29(20-18-28)35-25-44-39(53-35)32-24-43-38(46-32)34-16-10-22-49(34)41(51)52-26-27-11-5-3-6-12-27/h3-8,11-14,17-20,23-25,33-34,36H,9-10,15-16,21-22,26H2,1-2H3,(H,42,45)(H,43,46)/t33-,34-,36+/m0/s1. The van der Waals surface area contributed by atoms with Gasteiger partial charge in [0.25, 0.3) is 0 Å². The second kappa shape index (κ2) is 14.9. The van der Waals surface area contributed by atoms with Crippen LogP contribution in [-0.4, -0.2) is 78.8 Å². The van der Waals surface area contributed by atoms with Crippen molar-refractivity contribution in [2.24, 2.45) is 0 Å². The van der Waals surface area contributed by atoms with Gasteiger partial charge in [0, 0.05) is 36.6 Å². The maximum Gasteiger partial charge on any atom is 0.410 e. The van der Waals surface area contributed by atoms with Crippen LogP contribution in [0.1, 0.15) is 66.6 Å². The first-order valence-electron chi connectivity index (χ1n) is 18.1. The van der Waals surface area contributed by atoms with Crippen LogP contribution in [-0.2, 0) is 16.1 Å². The number of ether oxygens (including phenoxy) is 1. The Bertz CT molecular complexity index is 2160. The lowest BCUT2D eigenvalue weighted by Gasteiger charge is -2.31. The van der Waals surface area contributed by atoms with Gasteiger partial charge in [-0.3, -0.25) is 14.6 Å². The number of aromatic nitrogens is 5. The molecule has 12 nitrogen and oxygen atoms in total. The van der Waals surface area contributed by atoms with Gasteiger partial charge in [-0.05, 0) is 50.9 Å². The second-order valence-electron chi connectivity index (χ2n) is 13.8. The van der Waals surface area contributed by atoms with Gasteiger partial charge in [-0.1, -0.05) is 84.9 Å². The highest BCUT2D eigenvalue weighted by Gasteiger charge is 2.37. The monoisotopic (exact) mass is 710 g/mol. The maximum atomic E-state index is 13.9. The lowest BCUT2D eigenvalue weighted by molar-refractivity contribution is -0.137. The smallest absolute Gasteiger partial charge is 0.410 e. The Hall–Kier alpha value is -6.01. The third-order valence-electron chi connectivity index (χ3n) is 10.1. The molecule has 3 aromatic heterocycles. The number of hydrogen-bond donors (Lipinski definition) is 2. The van der Waals surface area contributed by atoms with Crippen LogP contribution in [0, 0.1) is 0 Å². The van der Waals surface area contributed by atoms with Crippen LogP contribution < -0.4 is 0 Å². The number of hydrogen-bond acceptors (Lipinski definition) is 8. The number of H-pyrrole nitrogens is 2. The van der Waals surface area contributed by atoms with Gasteiger partial charge in [0.05, 0.1) is 24.0 Å². The molecule has 0 spiro atoms. The zero-order valence-corrected chi connectivity index (χ0v) is 29.8. The molecule has 3 aromatic carbocycles. The number of benzene rings is 3. The molecule has 2 fully saturated rings. The molecule has 53 heavy (non-hydrogen) atoms. The second-order valence-corrected chi connectivity index (χ2v) is 13.8. The predicted molar refractivity (Wildman–Crippen MR) is 199 cm³/mol. The first kappa shape index (κ1) is 34.1. The number of amides is 2. The average molecular weight is 711 g/mol. The van der Waals surface area contributed by atoms with E-state index in [2.05, 4.69) is 15.0 Å². The van der Waals surface area contributed by atoms with E-state index in [4.69, 9.17) is 19.1 Å². The van der Waals surface area contributed by atoms with E-state index in [1.165, 1.54) is 0 Å². The highest BCUT2D eigenvalue weighted by atomic mass is 16.6. The highest BCUT2D eigenvalue weighted by Crippen LogP contribution is 2.36. The van der Waals surface area contributed by atoms with Crippen molar-refractivity contribution in [1.82, 2.24) is 39.6 Å². The molecule has 0 radical (unpaired) electrons. The summed E-state index contributed by atoms with van der Waals surface area (Å²) in [4.78, 5) is 53.3. The molecule has 2 saturated heterocycles. The van der Waals surface area contributed by atoms with Gasteiger partial charge in [-0.15, -0.1) is 0 Å². The van der Waals surface area contributed by atoms with E-state index in [-0.39, 0.29) is 36.7 Å². The van der Waals surface area contributed by atoms with Gasteiger partial charge < -0.3 is 24.0 Å². The quantitative estimate of drug-likeness (QED) is 0.149. The molecule has 5 heterocycles. The van der Waals surface area contributed by atoms with E-state index in [1.54, 1.807) is 17.3 Å². The summed E-state index contributed by atoms with van der Waals surface area (Å²) in [6.45, 7) is 1.54. The first-order valence-corrected chi connectivity index (χ1v) is 18.1. The number of aromatic amines is 2. The van der Waals surface area contributed by atoms with Gasteiger partial charge in [0.2, 0.25) is 11.8 Å². The molecule has 2 aliphatic rings. The number of likely N-dealkylation sites (N-methyl/N-ethyl adjacent to an activating group) is 1. The van der Waals surface area contributed by atoms with Crippen LogP contribution in [0.5, 0.6) is 0 Å². The number of oxazole rings is 1. The molecule has 8 rings (SSSR count). The van der Waals surface area contributed by atoms with E-state index >= 15 is 0 Å². The zero-order valence-electron chi connectivity index (χ0n) is 29.8. The molecule has 2 aliphatic heterocycles. The molecule has 0 aliphatic carbocycles. The summed E-state index contributed by atoms with van der Waals surface area (Å²) >= 11 is 0. The van der Waals surface area contributed by atoms with Crippen LogP contribution in [0.2, 0.25) is 0 Å². The number of nitrogens with one attached hydrogen (secondary N) is 2.